The van der Waals surface area contributed by atoms with Gasteiger partial charge in [0, 0.05) is 19.1 Å². The summed E-state index contributed by atoms with van der Waals surface area (Å²) >= 11 is 6.56. The Morgan fingerprint density at radius 2 is 2.10 bits per heavy atom. The van der Waals surface area contributed by atoms with Crippen molar-refractivity contribution in [1.82, 2.24) is 5.32 Å². The minimum atomic E-state index is 0.737. The van der Waals surface area contributed by atoms with E-state index in [4.69, 9.17) is 11.6 Å². The predicted octanol–water partition coefficient (Wildman–Crippen LogP) is 4.22. The van der Waals surface area contributed by atoms with E-state index in [-0.39, 0.29) is 0 Å². The van der Waals surface area contributed by atoms with Gasteiger partial charge in [-0.25, -0.2) is 0 Å². The van der Waals surface area contributed by atoms with E-state index in [9.17, 15) is 0 Å². The normalized spacial score (nSPS) is 25.8. The zero-order valence-corrected chi connectivity index (χ0v) is 13.1. The summed E-state index contributed by atoms with van der Waals surface area (Å²) < 4.78 is 0. The minimum absolute atomic E-state index is 0.737. The number of nitrogens with zero attached hydrogens (tertiary/aromatic N) is 1. The summed E-state index contributed by atoms with van der Waals surface area (Å²) in [6.07, 6.45) is 6.88. The van der Waals surface area contributed by atoms with Gasteiger partial charge in [0.25, 0.3) is 0 Å². The summed E-state index contributed by atoms with van der Waals surface area (Å²) in [5.74, 6) is 0.904. The van der Waals surface area contributed by atoms with Gasteiger partial charge in [-0.3, -0.25) is 0 Å². The number of hydrogen-bond acceptors (Lipinski definition) is 2. The molecule has 3 rings (SSSR count). The number of piperidine rings is 1. The first kappa shape index (κ1) is 14.2. The highest BCUT2D eigenvalue weighted by Crippen LogP contribution is 2.41. The van der Waals surface area contributed by atoms with E-state index >= 15 is 0 Å². The molecule has 0 radical (unpaired) electrons. The molecule has 0 aromatic heterocycles. The van der Waals surface area contributed by atoms with E-state index in [0.717, 1.165) is 30.1 Å². The van der Waals surface area contributed by atoms with Crippen LogP contribution in [0.2, 0.25) is 5.02 Å². The third kappa shape index (κ3) is 2.82. The van der Waals surface area contributed by atoms with Gasteiger partial charge in [0.05, 0.1) is 10.7 Å². The molecule has 110 valence electrons. The Hall–Kier alpha value is -0.730. The lowest BCUT2D eigenvalue weighted by molar-refractivity contribution is 0.362. The van der Waals surface area contributed by atoms with Crippen LogP contribution < -0.4 is 10.2 Å². The second kappa shape index (κ2) is 6.36. The molecule has 1 aromatic rings. The summed E-state index contributed by atoms with van der Waals surface area (Å²) in [6.45, 7) is 5.20. The molecule has 2 aliphatic rings. The Balaban J connectivity index is 1.79. The van der Waals surface area contributed by atoms with Gasteiger partial charge in [0.2, 0.25) is 0 Å². The second-order valence-electron chi connectivity index (χ2n) is 6.16. The fourth-order valence-electron chi connectivity index (χ4n) is 3.92. The Labute approximate surface area is 127 Å². The van der Waals surface area contributed by atoms with Crippen molar-refractivity contribution in [3.63, 3.8) is 0 Å². The van der Waals surface area contributed by atoms with E-state index in [1.165, 1.54) is 49.9 Å². The van der Waals surface area contributed by atoms with Crippen LogP contribution in [0.5, 0.6) is 0 Å². The zero-order valence-electron chi connectivity index (χ0n) is 12.4. The van der Waals surface area contributed by atoms with Crippen molar-refractivity contribution in [2.75, 3.05) is 18.0 Å². The van der Waals surface area contributed by atoms with Gasteiger partial charge in [0.1, 0.15) is 0 Å². The quantitative estimate of drug-likeness (QED) is 0.894. The highest BCUT2D eigenvalue weighted by molar-refractivity contribution is 6.33. The first-order valence-electron chi connectivity index (χ1n) is 8.05. The van der Waals surface area contributed by atoms with E-state index in [1.807, 2.05) is 0 Å². The van der Waals surface area contributed by atoms with Crippen LogP contribution in [0.25, 0.3) is 0 Å². The first-order valence-corrected chi connectivity index (χ1v) is 8.43. The number of anilines is 1. The Kier molecular flexibility index (Phi) is 4.52. The van der Waals surface area contributed by atoms with Crippen LogP contribution in [0.1, 0.15) is 44.6 Å². The van der Waals surface area contributed by atoms with Crippen LogP contribution in [0.3, 0.4) is 0 Å². The Morgan fingerprint density at radius 1 is 1.25 bits per heavy atom. The second-order valence-corrected chi connectivity index (χ2v) is 6.57. The van der Waals surface area contributed by atoms with Crippen LogP contribution in [0, 0.1) is 5.92 Å². The maximum Gasteiger partial charge on any atom is 0.0642 e. The molecule has 1 aliphatic heterocycles. The molecular weight excluding hydrogens is 268 g/mol. The average Bonchev–Trinajstić information content (AvgIpc) is 2.94. The van der Waals surface area contributed by atoms with Crippen molar-refractivity contribution in [2.45, 2.75) is 51.6 Å². The van der Waals surface area contributed by atoms with Crippen molar-refractivity contribution in [2.24, 2.45) is 5.92 Å². The molecule has 20 heavy (non-hydrogen) atoms. The third-order valence-electron chi connectivity index (χ3n) is 4.89. The van der Waals surface area contributed by atoms with Crippen molar-refractivity contribution < 1.29 is 0 Å². The maximum atomic E-state index is 6.56. The van der Waals surface area contributed by atoms with Gasteiger partial charge in [-0.15, -0.1) is 0 Å². The number of hydrogen-bond donors (Lipinski definition) is 1. The lowest BCUT2D eigenvalue weighted by Gasteiger charge is -2.40. The summed E-state index contributed by atoms with van der Waals surface area (Å²) in [5.41, 5.74) is 2.53. The summed E-state index contributed by atoms with van der Waals surface area (Å²) in [7, 11) is 0. The number of nitrogens with one attached hydrogen (secondary N) is 1. The molecule has 2 fully saturated rings. The van der Waals surface area contributed by atoms with Gasteiger partial charge >= 0.3 is 0 Å². The molecule has 1 aromatic carbocycles. The Morgan fingerprint density at radius 3 is 2.90 bits per heavy atom. The topological polar surface area (TPSA) is 15.3 Å². The molecule has 1 saturated carbocycles. The van der Waals surface area contributed by atoms with Gasteiger partial charge in [-0.2, -0.15) is 0 Å². The van der Waals surface area contributed by atoms with Gasteiger partial charge in [-0.05, 0) is 55.8 Å². The van der Waals surface area contributed by atoms with Crippen molar-refractivity contribution in [3.05, 3.63) is 28.8 Å². The van der Waals surface area contributed by atoms with Crippen LogP contribution >= 0.6 is 11.6 Å². The SMILES string of the molecule is CCNCc1ccc(N2CCCC3CCCC32)c(Cl)c1. The fraction of sp³-hybridized carbons (Fsp3) is 0.647. The number of fused-ring (bicyclic) bond motifs is 1. The van der Waals surface area contributed by atoms with Gasteiger partial charge in [0.15, 0.2) is 0 Å². The molecule has 0 spiro atoms. The molecule has 2 unspecified atom stereocenters. The molecule has 3 heteroatoms. The molecule has 0 amide bonds. The monoisotopic (exact) mass is 292 g/mol. The fourth-order valence-corrected chi connectivity index (χ4v) is 4.23. The Bertz CT molecular complexity index is 460. The highest BCUT2D eigenvalue weighted by atomic mass is 35.5. The van der Waals surface area contributed by atoms with Crippen molar-refractivity contribution in [1.29, 1.82) is 0 Å². The van der Waals surface area contributed by atoms with Gasteiger partial charge in [-0.1, -0.05) is 31.0 Å². The summed E-state index contributed by atoms with van der Waals surface area (Å²) in [6, 6.07) is 7.33. The minimum Gasteiger partial charge on any atom is -0.367 e. The van der Waals surface area contributed by atoms with Gasteiger partial charge < -0.3 is 10.2 Å². The maximum absolute atomic E-state index is 6.56. The van der Waals surface area contributed by atoms with Crippen LogP contribution in [0.4, 0.5) is 5.69 Å². The van der Waals surface area contributed by atoms with Crippen molar-refractivity contribution >= 4 is 17.3 Å². The third-order valence-corrected chi connectivity index (χ3v) is 5.20. The lowest BCUT2D eigenvalue weighted by Crippen LogP contribution is -2.42. The highest BCUT2D eigenvalue weighted by Gasteiger charge is 2.35. The number of halogens is 1. The molecule has 2 atom stereocenters. The van der Waals surface area contributed by atoms with Crippen LogP contribution in [-0.2, 0) is 6.54 Å². The van der Waals surface area contributed by atoms with Crippen LogP contribution in [0.15, 0.2) is 18.2 Å². The molecule has 1 N–H and O–H groups in total. The zero-order chi connectivity index (χ0) is 13.9. The first-order chi connectivity index (χ1) is 9.79. The standard InChI is InChI=1S/C17H25ClN2/c1-2-19-12-13-8-9-17(15(18)11-13)20-10-4-6-14-5-3-7-16(14)20/h8-9,11,14,16,19H,2-7,10,12H2,1H3. The molecule has 1 heterocycles. The molecule has 1 aliphatic carbocycles. The molecular formula is C17H25ClN2. The number of rotatable bonds is 4. The van der Waals surface area contributed by atoms with E-state index < -0.39 is 0 Å². The molecule has 1 saturated heterocycles. The van der Waals surface area contributed by atoms with E-state index in [2.05, 4.69) is 35.3 Å². The van der Waals surface area contributed by atoms with Crippen LogP contribution in [-0.4, -0.2) is 19.1 Å². The smallest absolute Gasteiger partial charge is 0.0642 e. The van der Waals surface area contributed by atoms with E-state index in [0.29, 0.717) is 0 Å². The van der Waals surface area contributed by atoms with Crippen molar-refractivity contribution in [3.8, 4) is 0 Å². The molecule has 0 bridgehead atoms. The summed E-state index contributed by atoms with van der Waals surface area (Å²) in [4.78, 5) is 2.58. The largest absolute Gasteiger partial charge is 0.367 e. The lowest BCUT2D eigenvalue weighted by atomic mass is 9.91. The summed E-state index contributed by atoms with van der Waals surface area (Å²) in [5, 5.41) is 4.28. The number of benzene rings is 1. The molecule has 2 nitrogen and oxygen atoms in total. The average molecular weight is 293 g/mol. The predicted molar refractivity (Wildman–Crippen MR) is 86.5 cm³/mol. The van der Waals surface area contributed by atoms with E-state index in [1.54, 1.807) is 0 Å².